The zero-order valence-corrected chi connectivity index (χ0v) is 7.64. The number of carbonyl (C=O) groups is 1. The molecule has 1 aliphatic rings. The Morgan fingerprint density at radius 1 is 1.50 bits per heavy atom. The third-order valence-electron chi connectivity index (χ3n) is 2.18. The Kier molecular flexibility index (Phi) is 2.13. The minimum Gasteiger partial charge on any atom is -0.496 e. The van der Waals surface area contributed by atoms with Crippen LogP contribution >= 0.6 is 0 Å². The summed E-state index contributed by atoms with van der Waals surface area (Å²) in [7, 11) is 1.55. The summed E-state index contributed by atoms with van der Waals surface area (Å²) in [6.07, 6.45) is -1.07. The molecule has 0 aromatic heterocycles. The van der Waals surface area contributed by atoms with Crippen LogP contribution in [0.25, 0.3) is 0 Å². The van der Waals surface area contributed by atoms with Crippen LogP contribution in [0.15, 0.2) is 24.3 Å². The van der Waals surface area contributed by atoms with Gasteiger partial charge in [-0.2, -0.15) is 0 Å². The number of methoxy groups -OCH3 is 1. The van der Waals surface area contributed by atoms with Crippen molar-refractivity contribution in [1.82, 2.24) is 0 Å². The standard InChI is InChI=1S/C10H10O4/c1-13-7-5-3-2-4-6(7)8-9(14-8)10(11)12/h2-5,8-9H,1H3,(H,11,12)/t8-,9+/m0/s1. The SMILES string of the molecule is COc1ccccc1[C@@H]1O[C@H]1C(=O)O. The number of hydrogen-bond acceptors (Lipinski definition) is 3. The molecule has 1 N–H and O–H groups in total. The molecule has 4 heteroatoms. The molecule has 1 aliphatic heterocycles. The van der Waals surface area contributed by atoms with Crippen molar-refractivity contribution >= 4 is 5.97 Å². The average molecular weight is 194 g/mol. The quantitative estimate of drug-likeness (QED) is 0.735. The lowest BCUT2D eigenvalue weighted by Crippen LogP contribution is -2.05. The highest BCUT2D eigenvalue weighted by molar-refractivity contribution is 5.76. The van der Waals surface area contributed by atoms with Crippen molar-refractivity contribution in [2.75, 3.05) is 7.11 Å². The van der Waals surface area contributed by atoms with Gasteiger partial charge in [0.05, 0.1) is 7.11 Å². The summed E-state index contributed by atoms with van der Waals surface area (Å²) in [6.45, 7) is 0. The largest absolute Gasteiger partial charge is 0.496 e. The third kappa shape index (κ3) is 1.44. The van der Waals surface area contributed by atoms with Gasteiger partial charge in [0.2, 0.25) is 0 Å². The molecule has 74 valence electrons. The molecule has 2 rings (SSSR count). The van der Waals surface area contributed by atoms with Crippen LogP contribution in [0.4, 0.5) is 0 Å². The van der Waals surface area contributed by atoms with Crippen molar-refractivity contribution in [2.24, 2.45) is 0 Å². The molecule has 0 amide bonds. The second-order valence-corrected chi connectivity index (χ2v) is 3.06. The molecule has 0 saturated carbocycles. The number of epoxide rings is 1. The van der Waals surface area contributed by atoms with Gasteiger partial charge < -0.3 is 14.6 Å². The Labute approximate surface area is 81.1 Å². The molecule has 0 bridgehead atoms. The Bertz CT molecular complexity index is 361. The van der Waals surface area contributed by atoms with E-state index < -0.39 is 12.1 Å². The van der Waals surface area contributed by atoms with Crippen LogP contribution in [0.3, 0.4) is 0 Å². The Balaban J connectivity index is 2.22. The predicted molar refractivity (Wildman–Crippen MR) is 48.2 cm³/mol. The number of para-hydroxylation sites is 1. The zero-order valence-electron chi connectivity index (χ0n) is 7.64. The van der Waals surface area contributed by atoms with E-state index in [0.29, 0.717) is 5.75 Å². The number of aliphatic carboxylic acids is 1. The number of carboxylic acids is 1. The molecule has 14 heavy (non-hydrogen) atoms. The molecule has 0 aliphatic carbocycles. The summed E-state index contributed by atoms with van der Waals surface area (Å²) in [5, 5.41) is 8.68. The number of carboxylic acid groups (broad SMARTS) is 1. The molecule has 1 aromatic rings. The van der Waals surface area contributed by atoms with E-state index in [2.05, 4.69) is 0 Å². The lowest BCUT2D eigenvalue weighted by Gasteiger charge is -2.04. The van der Waals surface area contributed by atoms with Crippen LogP contribution in [0.1, 0.15) is 11.7 Å². The van der Waals surface area contributed by atoms with E-state index in [1.54, 1.807) is 13.2 Å². The van der Waals surface area contributed by atoms with Crippen molar-refractivity contribution in [1.29, 1.82) is 0 Å². The second kappa shape index (κ2) is 3.31. The van der Waals surface area contributed by atoms with E-state index in [-0.39, 0.29) is 6.10 Å². The monoisotopic (exact) mass is 194 g/mol. The van der Waals surface area contributed by atoms with Crippen molar-refractivity contribution < 1.29 is 19.4 Å². The summed E-state index contributed by atoms with van der Waals surface area (Å²) in [4.78, 5) is 10.6. The molecular formula is C10H10O4. The molecule has 4 nitrogen and oxygen atoms in total. The number of benzene rings is 1. The maximum absolute atomic E-state index is 10.6. The Hall–Kier alpha value is -1.55. The van der Waals surface area contributed by atoms with E-state index in [4.69, 9.17) is 14.6 Å². The molecule has 2 atom stereocenters. The fourth-order valence-corrected chi connectivity index (χ4v) is 1.44. The van der Waals surface area contributed by atoms with E-state index in [1.807, 2.05) is 18.2 Å². The van der Waals surface area contributed by atoms with E-state index in [1.165, 1.54) is 0 Å². The molecule has 0 unspecified atom stereocenters. The van der Waals surface area contributed by atoms with Gasteiger partial charge in [-0.1, -0.05) is 18.2 Å². The second-order valence-electron chi connectivity index (χ2n) is 3.06. The summed E-state index contributed by atoms with van der Waals surface area (Å²) < 4.78 is 10.1. The smallest absolute Gasteiger partial charge is 0.335 e. The van der Waals surface area contributed by atoms with E-state index in [0.717, 1.165) is 5.56 Å². The lowest BCUT2D eigenvalue weighted by atomic mass is 10.1. The lowest BCUT2D eigenvalue weighted by molar-refractivity contribution is -0.138. The van der Waals surface area contributed by atoms with Crippen molar-refractivity contribution in [3.63, 3.8) is 0 Å². The highest BCUT2D eigenvalue weighted by Gasteiger charge is 2.47. The minimum absolute atomic E-state index is 0.358. The molecule has 1 fully saturated rings. The van der Waals surface area contributed by atoms with E-state index in [9.17, 15) is 4.79 Å². The van der Waals surface area contributed by atoms with Gasteiger partial charge in [-0.15, -0.1) is 0 Å². The first-order valence-corrected chi connectivity index (χ1v) is 4.25. The van der Waals surface area contributed by atoms with Gasteiger partial charge in [0, 0.05) is 5.56 Å². The van der Waals surface area contributed by atoms with Gasteiger partial charge in [0.15, 0.2) is 6.10 Å². The third-order valence-corrected chi connectivity index (χ3v) is 2.18. The van der Waals surface area contributed by atoms with Gasteiger partial charge in [-0.05, 0) is 6.07 Å². The van der Waals surface area contributed by atoms with E-state index >= 15 is 0 Å². The first-order chi connectivity index (χ1) is 6.74. The Morgan fingerprint density at radius 3 is 2.79 bits per heavy atom. The van der Waals surface area contributed by atoms with Crippen LogP contribution in [-0.2, 0) is 9.53 Å². The fourth-order valence-electron chi connectivity index (χ4n) is 1.44. The van der Waals surface area contributed by atoms with Crippen LogP contribution in [0, 0.1) is 0 Å². The van der Waals surface area contributed by atoms with Gasteiger partial charge in [0.25, 0.3) is 0 Å². The molecule has 1 heterocycles. The van der Waals surface area contributed by atoms with Crippen molar-refractivity contribution in [2.45, 2.75) is 12.2 Å². The number of hydrogen-bond donors (Lipinski definition) is 1. The topological polar surface area (TPSA) is 59.1 Å². The number of ether oxygens (including phenoxy) is 2. The van der Waals surface area contributed by atoms with Crippen LogP contribution in [0.5, 0.6) is 5.75 Å². The highest BCUT2D eigenvalue weighted by atomic mass is 16.6. The first kappa shape index (κ1) is 9.02. The summed E-state index contributed by atoms with van der Waals surface area (Å²) >= 11 is 0. The highest BCUT2D eigenvalue weighted by Crippen LogP contribution is 2.42. The van der Waals surface area contributed by atoms with Crippen molar-refractivity contribution in [3.05, 3.63) is 29.8 Å². The Morgan fingerprint density at radius 2 is 2.21 bits per heavy atom. The molecule has 1 saturated heterocycles. The predicted octanol–water partition coefficient (Wildman–Crippen LogP) is 1.22. The zero-order chi connectivity index (χ0) is 10.1. The van der Waals surface area contributed by atoms with Gasteiger partial charge in [-0.3, -0.25) is 0 Å². The summed E-state index contributed by atoms with van der Waals surface area (Å²) in [5.74, 6) is -0.262. The van der Waals surface area contributed by atoms with Gasteiger partial charge >= 0.3 is 5.97 Å². The molecule has 0 spiro atoms. The van der Waals surface area contributed by atoms with Crippen molar-refractivity contribution in [3.8, 4) is 5.75 Å². The minimum atomic E-state index is -0.930. The normalized spacial score (nSPS) is 24.4. The summed E-state index contributed by atoms with van der Waals surface area (Å²) in [5.41, 5.74) is 0.794. The van der Waals surface area contributed by atoms with Gasteiger partial charge in [0.1, 0.15) is 11.9 Å². The fraction of sp³-hybridized carbons (Fsp3) is 0.300. The maximum Gasteiger partial charge on any atom is 0.335 e. The van der Waals surface area contributed by atoms with Crippen LogP contribution in [-0.4, -0.2) is 24.3 Å². The van der Waals surface area contributed by atoms with Crippen LogP contribution < -0.4 is 4.74 Å². The molecule has 1 aromatic carbocycles. The summed E-state index contributed by atoms with van der Waals surface area (Å²) in [6, 6.07) is 7.27. The molecule has 0 radical (unpaired) electrons. The average Bonchev–Trinajstić information content (AvgIpc) is 2.97. The van der Waals surface area contributed by atoms with Gasteiger partial charge in [-0.25, -0.2) is 4.79 Å². The maximum atomic E-state index is 10.6. The first-order valence-electron chi connectivity index (χ1n) is 4.25. The van der Waals surface area contributed by atoms with Crippen LogP contribution in [0.2, 0.25) is 0 Å². The molecular weight excluding hydrogens is 184 g/mol. The number of rotatable bonds is 3.